The zero-order valence-corrected chi connectivity index (χ0v) is 14.7. The Kier molecular flexibility index (Phi) is 4.53. The first-order valence-corrected chi connectivity index (χ1v) is 9.53. The summed E-state index contributed by atoms with van der Waals surface area (Å²) in [7, 11) is 2.14. The van der Waals surface area contributed by atoms with Gasteiger partial charge in [0.1, 0.15) is 5.82 Å². The molecular formula is C19H28N4O. The monoisotopic (exact) mass is 328 g/mol. The molecule has 1 aromatic rings. The van der Waals surface area contributed by atoms with Crippen molar-refractivity contribution in [1.29, 1.82) is 0 Å². The molecule has 5 heteroatoms. The Morgan fingerprint density at radius 2 is 2.00 bits per heavy atom. The average Bonchev–Trinajstić information content (AvgIpc) is 3.15. The second-order valence-electron chi connectivity index (χ2n) is 7.79. The van der Waals surface area contributed by atoms with Crippen LogP contribution in [0.4, 0.5) is 0 Å². The van der Waals surface area contributed by atoms with E-state index in [2.05, 4.69) is 21.8 Å². The van der Waals surface area contributed by atoms with Crippen molar-refractivity contribution in [3.05, 3.63) is 23.3 Å². The Balaban J connectivity index is 1.47. The molecule has 1 amide bonds. The molecule has 1 aromatic heterocycles. The third kappa shape index (κ3) is 3.18. The second kappa shape index (κ2) is 6.79. The lowest BCUT2D eigenvalue weighted by Crippen LogP contribution is -2.42. The number of likely N-dealkylation sites (N-methyl/N-ethyl adjacent to an activating group) is 1. The molecule has 0 unspecified atom stereocenters. The number of aromatic nitrogens is 2. The van der Waals surface area contributed by atoms with Crippen LogP contribution in [-0.2, 0) is 17.8 Å². The Bertz CT molecular complexity index is 611. The standard InChI is InChI=1S/C19H28N4O/c1-22-10-8-17-16(12-22)11-20-18(21-17)15-7-4-9-23(13-15)19(24)14-5-2-3-6-14/h11,14-15H,2-10,12-13H2,1H3/t15-/m0/s1. The number of carbonyl (C=O) groups excluding carboxylic acids is 1. The number of carbonyl (C=O) groups is 1. The van der Waals surface area contributed by atoms with Crippen LogP contribution in [0.5, 0.6) is 0 Å². The lowest BCUT2D eigenvalue weighted by atomic mass is 9.95. The lowest BCUT2D eigenvalue weighted by molar-refractivity contribution is -0.136. The van der Waals surface area contributed by atoms with Crippen molar-refractivity contribution in [2.45, 2.75) is 57.4 Å². The van der Waals surface area contributed by atoms with E-state index in [4.69, 9.17) is 4.98 Å². The molecule has 5 nitrogen and oxygen atoms in total. The van der Waals surface area contributed by atoms with Crippen LogP contribution in [0.3, 0.4) is 0 Å². The van der Waals surface area contributed by atoms with Gasteiger partial charge in [0.2, 0.25) is 5.91 Å². The van der Waals surface area contributed by atoms with E-state index in [1.807, 2.05) is 6.20 Å². The van der Waals surface area contributed by atoms with Gasteiger partial charge in [0.05, 0.1) is 0 Å². The highest BCUT2D eigenvalue weighted by atomic mass is 16.2. The summed E-state index contributed by atoms with van der Waals surface area (Å²) in [5.74, 6) is 1.94. The first-order chi connectivity index (χ1) is 11.7. The van der Waals surface area contributed by atoms with Gasteiger partial charge in [-0.15, -0.1) is 0 Å². The number of nitrogens with zero attached hydrogens (tertiary/aromatic N) is 4. The van der Waals surface area contributed by atoms with Crippen LogP contribution in [0.15, 0.2) is 6.20 Å². The first-order valence-electron chi connectivity index (χ1n) is 9.53. The first kappa shape index (κ1) is 16.0. The van der Waals surface area contributed by atoms with Crippen molar-refractivity contribution in [2.24, 2.45) is 5.92 Å². The molecule has 3 heterocycles. The van der Waals surface area contributed by atoms with E-state index >= 15 is 0 Å². The van der Waals surface area contributed by atoms with Crippen molar-refractivity contribution in [3.63, 3.8) is 0 Å². The normalized spacial score (nSPS) is 25.7. The highest BCUT2D eigenvalue weighted by molar-refractivity contribution is 5.79. The van der Waals surface area contributed by atoms with Crippen molar-refractivity contribution < 1.29 is 4.79 Å². The summed E-state index contributed by atoms with van der Waals surface area (Å²) in [4.78, 5) is 26.7. The zero-order chi connectivity index (χ0) is 16.5. The molecular weight excluding hydrogens is 300 g/mol. The molecule has 1 atom stereocenters. The predicted octanol–water partition coefficient (Wildman–Crippen LogP) is 2.36. The number of hydrogen-bond donors (Lipinski definition) is 0. The molecule has 1 saturated carbocycles. The van der Waals surface area contributed by atoms with E-state index in [1.54, 1.807) is 0 Å². The van der Waals surface area contributed by atoms with Gasteiger partial charge >= 0.3 is 0 Å². The maximum atomic E-state index is 12.7. The number of piperidine rings is 1. The Morgan fingerprint density at radius 1 is 1.17 bits per heavy atom. The summed E-state index contributed by atoms with van der Waals surface area (Å²) >= 11 is 0. The fourth-order valence-corrected chi connectivity index (χ4v) is 4.49. The molecule has 3 aliphatic rings. The smallest absolute Gasteiger partial charge is 0.225 e. The van der Waals surface area contributed by atoms with Gasteiger partial charge < -0.3 is 9.80 Å². The lowest BCUT2D eigenvalue weighted by Gasteiger charge is -2.34. The SMILES string of the molecule is CN1CCc2nc([C@H]3CCCN(C(=O)C4CCCC4)C3)ncc2C1. The summed E-state index contributed by atoms with van der Waals surface area (Å²) in [6.45, 7) is 3.75. The fourth-order valence-electron chi connectivity index (χ4n) is 4.49. The third-order valence-corrected chi connectivity index (χ3v) is 5.95. The van der Waals surface area contributed by atoms with E-state index in [9.17, 15) is 4.79 Å². The van der Waals surface area contributed by atoms with Crippen LogP contribution in [0.25, 0.3) is 0 Å². The summed E-state index contributed by atoms with van der Waals surface area (Å²) < 4.78 is 0. The molecule has 130 valence electrons. The molecule has 0 spiro atoms. The molecule has 24 heavy (non-hydrogen) atoms. The van der Waals surface area contributed by atoms with Crippen molar-refractivity contribution in [3.8, 4) is 0 Å². The number of fused-ring (bicyclic) bond motifs is 1. The van der Waals surface area contributed by atoms with Gasteiger partial charge in [-0.05, 0) is 32.7 Å². The van der Waals surface area contributed by atoms with E-state index in [0.29, 0.717) is 11.8 Å². The summed E-state index contributed by atoms with van der Waals surface area (Å²) in [6, 6.07) is 0. The minimum Gasteiger partial charge on any atom is -0.342 e. The number of hydrogen-bond acceptors (Lipinski definition) is 4. The third-order valence-electron chi connectivity index (χ3n) is 5.95. The Morgan fingerprint density at radius 3 is 2.83 bits per heavy atom. The van der Waals surface area contributed by atoms with Crippen molar-refractivity contribution in [1.82, 2.24) is 19.8 Å². The van der Waals surface area contributed by atoms with Gasteiger partial charge in [-0.3, -0.25) is 4.79 Å². The van der Waals surface area contributed by atoms with Crippen LogP contribution in [0, 0.1) is 5.92 Å². The van der Waals surface area contributed by atoms with Gasteiger partial charge in [-0.25, -0.2) is 9.97 Å². The van der Waals surface area contributed by atoms with Crippen molar-refractivity contribution in [2.75, 3.05) is 26.7 Å². The quantitative estimate of drug-likeness (QED) is 0.836. The summed E-state index contributed by atoms with van der Waals surface area (Å²) in [6.07, 6.45) is 9.82. The Labute approximate surface area is 144 Å². The van der Waals surface area contributed by atoms with E-state index in [1.165, 1.54) is 24.1 Å². The highest BCUT2D eigenvalue weighted by Crippen LogP contribution is 2.31. The predicted molar refractivity (Wildman–Crippen MR) is 92.6 cm³/mol. The molecule has 1 saturated heterocycles. The van der Waals surface area contributed by atoms with Gasteiger partial charge in [0.15, 0.2) is 0 Å². The number of amides is 1. The van der Waals surface area contributed by atoms with Crippen molar-refractivity contribution >= 4 is 5.91 Å². The topological polar surface area (TPSA) is 49.3 Å². The van der Waals surface area contributed by atoms with E-state index in [-0.39, 0.29) is 5.92 Å². The van der Waals surface area contributed by atoms with Gasteiger partial charge in [-0.1, -0.05) is 12.8 Å². The minimum absolute atomic E-state index is 0.281. The molecule has 0 N–H and O–H groups in total. The largest absolute Gasteiger partial charge is 0.342 e. The molecule has 0 radical (unpaired) electrons. The molecule has 4 rings (SSSR count). The Hall–Kier alpha value is -1.49. The van der Waals surface area contributed by atoms with Crippen LogP contribution < -0.4 is 0 Å². The van der Waals surface area contributed by atoms with Crippen LogP contribution in [-0.4, -0.2) is 52.4 Å². The van der Waals surface area contributed by atoms with Crippen LogP contribution >= 0.6 is 0 Å². The minimum atomic E-state index is 0.281. The molecule has 1 aliphatic carbocycles. The average molecular weight is 328 g/mol. The molecule has 0 aromatic carbocycles. The fraction of sp³-hybridized carbons (Fsp3) is 0.737. The molecule has 0 bridgehead atoms. The van der Waals surface area contributed by atoms with Gasteiger partial charge in [-0.2, -0.15) is 0 Å². The number of rotatable bonds is 2. The van der Waals surface area contributed by atoms with Crippen LogP contribution in [0.1, 0.15) is 61.5 Å². The number of likely N-dealkylation sites (tertiary alicyclic amines) is 1. The summed E-state index contributed by atoms with van der Waals surface area (Å²) in [5.41, 5.74) is 2.49. The van der Waals surface area contributed by atoms with E-state index < -0.39 is 0 Å². The highest BCUT2D eigenvalue weighted by Gasteiger charge is 2.32. The maximum absolute atomic E-state index is 12.7. The maximum Gasteiger partial charge on any atom is 0.225 e. The second-order valence-corrected chi connectivity index (χ2v) is 7.79. The molecule has 2 fully saturated rings. The zero-order valence-electron chi connectivity index (χ0n) is 14.7. The van der Waals surface area contributed by atoms with Crippen LogP contribution in [0.2, 0.25) is 0 Å². The van der Waals surface area contributed by atoms with E-state index in [0.717, 1.165) is 64.1 Å². The van der Waals surface area contributed by atoms with Gasteiger partial charge in [0.25, 0.3) is 0 Å². The van der Waals surface area contributed by atoms with Gasteiger partial charge in [0, 0.05) is 61.9 Å². The summed E-state index contributed by atoms with van der Waals surface area (Å²) in [5, 5.41) is 0. The molecule has 2 aliphatic heterocycles.